The first kappa shape index (κ1) is 24.2. The van der Waals surface area contributed by atoms with Crippen molar-refractivity contribution in [2.45, 2.75) is 13.0 Å². The van der Waals surface area contributed by atoms with Crippen LogP contribution in [0.4, 0.5) is 5.69 Å². The maximum Gasteiger partial charge on any atom is 0.313 e. The maximum atomic E-state index is 13.3. The fraction of sp³-hybridized carbons (Fsp3) is 0.240. The predicted octanol–water partition coefficient (Wildman–Crippen LogP) is 5.26. The molecule has 3 aromatic rings. The molecule has 0 saturated heterocycles. The monoisotopic (exact) mass is 498 g/mol. The lowest BCUT2D eigenvalue weighted by atomic mass is 9.98. The number of nitro groups is 1. The quantitative estimate of drug-likeness (QED) is 0.323. The normalized spacial score (nSPS) is 12.5. The van der Waals surface area contributed by atoms with Crippen LogP contribution in [0.5, 0.6) is 28.7 Å². The molecule has 1 amide bonds. The summed E-state index contributed by atoms with van der Waals surface area (Å²) in [5, 5.41) is 11.6. The van der Waals surface area contributed by atoms with Gasteiger partial charge in [-0.1, -0.05) is 11.6 Å². The van der Waals surface area contributed by atoms with E-state index in [1.165, 1.54) is 25.3 Å². The van der Waals surface area contributed by atoms with Crippen LogP contribution in [0.25, 0.3) is 0 Å². The van der Waals surface area contributed by atoms with Crippen LogP contribution in [0.15, 0.2) is 48.5 Å². The van der Waals surface area contributed by atoms with Gasteiger partial charge in [0.05, 0.1) is 26.3 Å². The summed E-state index contributed by atoms with van der Waals surface area (Å²) in [6.07, 6.45) is 0.681. The number of nitrogens with zero attached hydrogens (tertiary/aromatic N) is 2. The molecule has 0 fully saturated rings. The third-order valence-corrected chi connectivity index (χ3v) is 5.99. The first-order valence-corrected chi connectivity index (χ1v) is 11.0. The molecule has 0 spiro atoms. The van der Waals surface area contributed by atoms with E-state index in [0.717, 1.165) is 11.1 Å². The standard InChI is InChI=1S/C25H23ClN2O7/c1-32-22-11-16(4-6-21(22)35-20-7-5-18(26)13-19(20)28(30)31)25(29)27-9-8-15-10-23(33-2)24(34-3)12-17(15)14-27/h4-7,10-13H,8-9,14H2,1-3H3. The molecule has 0 unspecified atom stereocenters. The van der Waals surface area contributed by atoms with E-state index in [1.807, 2.05) is 12.1 Å². The molecular formula is C25H23ClN2O7. The van der Waals surface area contributed by atoms with Gasteiger partial charge in [0.1, 0.15) is 0 Å². The molecule has 0 bridgehead atoms. The number of carbonyl (C=O) groups is 1. The van der Waals surface area contributed by atoms with Gasteiger partial charge in [-0.15, -0.1) is 0 Å². The van der Waals surface area contributed by atoms with E-state index >= 15 is 0 Å². The SMILES string of the molecule is COc1cc2c(cc1OC)CN(C(=O)c1ccc(Oc3ccc(Cl)cc3[N+](=O)[O-])c(OC)c1)CC2. The Labute approximate surface area is 206 Å². The summed E-state index contributed by atoms with van der Waals surface area (Å²) < 4.78 is 21.9. The van der Waals surface area contributed by atoms with E-state index in [2.05, 4.69) is 0 Å². The molecule has 0 N–H and O–H groups in total. The van der Waals surface area contributed by atoms with E-state index in [0.29, 0.717) is 36.6 Å². The minimum absolute atomic E-state index is 0.00814. The van der Waals surface area contributed by atoms with Gasteiger partial charge in [0.15, 0.2) is 23.0 Å². The van der Waals surface area contributed by atoms with Gasteiger partial charge in [-0.25, -0.2) is 0 Å². The molecule has 3 aromatic carbocycles. The van der Waals surface area contributed by atoms with Crippen molar-refractivity contribution in [3.05, 3.63) is 80.4 Å². The number of hydrogen-bond acceptors (Lipinski definition) is 7. The lowest BCUT2D eigenvalue weighted by Crippen LogP contribution is -2.36. The molecule has 10 heteroatoms. The number of rotatable bonds is 7. The molecule has 1 heterocycles. The minimum Gasteiger partial charge on any atom is -0.493 e. The van der Waals surface area contributed by atoms with Crippen LogP contribution < -0.4 is 18.9 Å². The van der Waals surface area contributed by atoms with Crippen LogP contribution in [0.3, 0.4) is 0 Å². The highest BCUT2D eigenvalue weighted by Crippen LogP contribution is 2.38. The number of fused-ring (bicyclic) bond motifs is 1. The molecule has 182 valence electrons. The van der Waals surface area contributed by atoms with E-state index in [4.69, 9.17) is 30.5 Å². The number of nitro benzene ring substituents is 1. The average Bonchev–Trinajstić information content (AvgIpc) is 2.88. The summed E-state index contributed by atoms with van der Waals surface area (Å²) in [6.45, 7) is 0.963. The van der Waals surface area contributed by atoms with E-state index < -0.39 is 4.92 Å². The molecule has 0 atom stereocenters. The third-order valence-electron chi connectivity index (χ3n) is 5.75. The smallest absolute Gasteiger partial charge is 0.313 e. The summed E-state index contributed by atoms with van der Waals surface area (Å²) in [5.74, 6) is 1.60. The Hall–Kier alpha value is -3.98. The van der Waals surface area contributed by atoms with Gasteiger partial charge in [-0.3, -0.25) is 14.9 Å². The van der Waals surface area contributed by atoms with E-state index in [-0.39, 0.29) is 33.9 Å². The van der Waals surface area contributed by atoms with Crippen LogP contribution in [0.2, 0.25) is 5.02 Å². The van der Waals surface area contributed by atoms with Crippen molar-refractivity contribution in [1.82, 2.24) is 4.90 Å². The van der Waals surface area contributed by atoms with Gasteiger partial charge in [0, 0.05) is 29.7 Å². The van der Waals surface area contributed by atoms with Crippen LogP contribution in [-0.4, -0.2) is 43.6 Å². The Balaban J connectivity index is 1.57. The molecule has 35 heavy (non-hydrogen) atoms. The van der Waals surface area contributed by atoms with Crippen molar-refractivity contribution in [1.29, 1.82) is 0 Å². The molecule has 0 saturated carbocycles. The number of methoxy groups -OCH3 is 3. The number of benzene rings is 3. The fourth-order valence-electron chi connectivity index (χ4n) is 3.96. The molecule has 9 nitrogen and oxygen atoms in total. The third kappa shape index (κ3) is 4.95. The summed E-state index contributed by atoms with van der Waals surface area (Å²) in [7, 11) is 4.60. The van der Waals surface area contributed by atoms with Crippen molar-refractivity contribution >= 4 is 23.2 Å². The number of hydrogen-bond donors (Lipinski definition) is 0. The summed E-state index contributed by atoms with van der Waals surface area (Å²) in [6, 6.07) is 12.7. The highest BCUT2D eigenvalue weighted by atomic mass is 35.5. The van der Waals surface area contributed by atoms with Crippen LogP contribution in [-0.2, 0) is 13.0 Å². The molecule has 1 aliphatic rings. The van der Waals surface area contributed by atoms with Gasteiger partial charge in [0.2, 0.25) is 5.75 Å². The molecule has 4 rings (SSSR count). The first-order valence-electron chi connectivity index (χ1n) is 10.7. The highest BCUT2D eigenvalue weighted by molar-refractivity contribution is 6.30. The molecule has 0 aliphatic carbocycles. The van der Waals surface area contributed by atoms with Crippen LogP contribution in [0, 0.1) is 10.1 Å². The fourth-order valence-corrected chi connectivity index (χ4v) is 4.13. The second-order valence-corrected chi connectivity index (χ2v) is 8.23. The number of carbonyl (C=O) groups excluding carboxylic acids is 1. The lowest BCUT2D eigenvalue weighted by Gasteiger charge is -2.30. The number of halogens is 1. The Morgan fingerprint density at radius 2 is 1.51 bits per heavy atom. The average molecular weight is 499 g/mol. The first-order chi connectivity index (χ1) is 16.8. The Bertz CT molecular complexity index is 1300. The predicted molar refractivity (Wildman–Crippen MR) is 129 cm³/mol. The zero-order valence-electron chi connectivity index (χ0n) is 19.4. The summed E-state index contributed by atoms with van der Waals surface area (Å²) >= 11 is 5.88. The van der Waals surface area contributed by atoms with E-state index in [9.17, 15) is 14.9 Å². The second kappa shape index (κ2) is 10.1. The van der Waals surface area contributed by atoms with Crippen molar-refractivity contribution in [2.75, 3.05) is 27.9 Å². The minimum atomic E-state index is -0.579. The topological polar surface area (TPSA) is 100 Å². The molecule has 0 radical (unpaired) electrons. The second-order valence-electron chi connectivity index (χ2n) is 7.79. The summed E-state index contributed by atoms with van der Waals surface area (Å²) in [4.78, 5) is 25.8. The van der Waals surface area contributed by atoms with Gasteiger partial charge in [-0.2, -0.15) is 0 Å². The Morgan fingerprint density at radius 1 is 0.886 bits per heavy atom. The largest absolute Gasteiger partial charge is 0.493 e. The molecular weight excluding hydrogens is 476 g/mol. The zero-order chi connectivity index (χ0) is 25.1. The Morgan fingerprint density at radius 3 is 2.17 bits per heavy atom. The van der Waals surface area contributed by atoms with Gasteiger partial charge in [-0.05, 0) is 60.0 Å². The van der Waals surface area contributed by atoms with Crippen molar-refractivity contribution in [3.8, 4) is 28.7 Å². The molecule has 1 aliphatic heterocycles. The van der Waals surface area contributed by atoms with Crippen molar-refractivity contribution < 1.29 is 28.7 Å². The Kier molecular flexibility index (Phi) is 6.97. The van der Waals surface area contributed by atoms with Crippen molar-refractivity contribution in [2.24, 2.45) is 0 Å². The zero-order valence-corrected chi connectivity index (χ0v) is 20.1. The van der Waals surface area contributed by atoms with Gasteiger partial charge >= 0.3 is 5.69 Å². The van der Waals surface area contributed by atoms with Crippen LogP contribution in [0.1, 0.15) is 21.5 Å². The van der Waals surface area contributed by atoms with Crippen LogP contribution >= 0.6 is 11.6 Å². The maximum absolute atomic E-state index is 13.3. The highest BCUT2D eigenvalue weighted by Gasteiger charge is 2.25. The van der Waals surface area contributed by atoms with Gasteiger partial charge in [0.25, 0.3) is 5.91 Å². The van der Waals surface area contributed by atoms with E-state index in [1.54, 1.807) is 37.3 Å². The van der Waals surface area contributed by atoms with Crippen molar-refractivity contribution in [3.63, 3.8) is 0 Å². The number of amides is 1. The number of ether oxygens (including phenoxy) is 4. The lowest BCUT2D eigenvalue weighted by molar-refractivity contribution is -0.385. The molecule has 0 aromatic heterocycles. The summed E-state index contributed by atoms with van der Waals surface area (Å²) in [5.41, 5.74) is 2.23. The van der Waals surface area contributed by atoms with Gasteiger partial charge < -0.3 is 23.8 Å².